The highest BCUT2D eigenvalue weighted by molar-refractivity contribution is 5.89. The van der Waals surface area contributed by atoms with Gasteiger partial charge in [-0.3, -0.25) is 0 Å². The van der Waals surface area contributed by atoms with Crippen LogP contribution in [0.4, 0.5) is 19.3 Å². The van der Waals surface area contributed by atoms with E-state index < -0.39 is 17.4 Å². The van der Waals surface area contributed by atoms with E-state index in [9.17, 15) is 23.8 Å². The Labute approximate surface area is 143 Å². The molecular weight excluding hydrogens is 330 g/mol. The van der Waals surface area contributed by atoms with Crippen molar-refractivity contribution in [1.82, 2.24) is 4.90 Å². The number of aromatic hydroxyl groups is 2. The molecule has 0 spiro atoms. The topological polar surface area (TPSA) is 72.8 Å². The quantitative estimate of drug-likeness (QED) is 0.773. The first-order valence-electron chi connectivity index (χ1n) is 7.97. The predicted molar refractivity (Wildman–Crippen MR) is 88.7 cm³/mol. The highest BCUT2D eigenvalue weighted by Gasteiger charge is 2.26. The molecule has 1 fully saturated rings. The maximum atomic E-state index is 13.5. The Kier molecular flexibility index (Phi) is 4.74. The number of carbonyl (C=O) groups is 1. The van der Waals surface area contributed by atoms with Crippen molar-refractivity contribution in [2.45, 2.75) is 18.8 Å². The summed E-state index contributed by atoms with van der Waals surface area (Å²) in [5.74, 6) is -2.05. The molecule has 0 atom stereocenters. The van der Waals surface area contributed by atoms with Crippen LogP contribution in [-0.2, 0) is 0 Å². The normalized spacial score (nSPS) is 15.2. The number of benzene rings is 2. The number of carbonyl (C=O) groups excluding carboxylic acids is 1. The zero-order chi connectivity index (χ0) is 18.0. The van der Waals surface area contributed by atoms with Crippen molar-refractivity contribution in [3.8, 4) is 11.5 Å². The van der Waals surface area contributed by atoms with Crippen molar-refractivity contribution in [3.05, 3.63) is 53.6 Å². The van der Waals surface area contributed by atoms with E-state index >= 15 is 0 Å². The average molecular weight is 348 g/mol. The fourth-order valence-corrected chi connectivity index (χ4v) is 3.06. The highest BCUT2D eigenvalue weighted by Crippen LogP contribution is 2.36. The van der Waals surface area contributed by atoms with Gasteiger partial charge in [0.2, 0.25) is 0 Å². The van der Waals surface area contributed by atoms with Gasteiger partial charge in [-0.15, -0.1) is 0 Å². The molecule has 1 aliphatic heterocycles. The van der Waals surface area contributed by atoms with Gasteiger partial charge in [-0.05, 0) is 43.0 Å². The number of halogens is 2. The van der Waals surface area contributed by atoms with Crippen LogP contribution >= 0.6 is 0 Å². The Morgan fingerprint density at radius 2 is 1.80 bits per heavy atom. The van der Waals surface area contributed by atoms with Crippen molar-refractivity contribution in [2.75, 3.05) is 18.4 Å². The van der Waals surface area contributed by atoms with Crippen LogP contribution in [0.5, 0.6) is 11.5 Å². The molecule has 7 heteroatoms. The van der Waals surface area contributed by atoms with Gasteiger partial charge in [-0.25, -0.2) is 13.6 Å². The van der Waals surface area contributed by atoms with E-state index in [0.717, 1.165) is 12.1 Å². The Morgan fingerprint density at radius 3 is 2.48 bits per heavy atom. The number of hydrogen-bond acceptors (Lipinski definition) is 3. The number of nitrogens with zero attached hydrogens (tertiary/aromatic N) is 1. The van der Waals surface area contributed by atoms with Crippen molar-refractivity contribution < 1.29 is 23.8 Å². The van der Waals surface area contributed by atoms with Crippen LogP contribution in [0.15, 0.2) is 36.4 Å². The molecule has 0 bridgehead atoms. The zero-order valence-corrected chi connectivity index (χ0v) is 13.4. The number of phenols is 2. The van der Waals surface area contributed by atoms with E-state index in [4.69, 9.17) is 0 Å². The number of nitrogens with one attached hydrogen (secondary N) is 1. The second-order valence-corrected chi connectivity index (χ2v) is 6.06. The summed E-state index contributed by atoms with van der Waals surface area (Å²) in [6, 6.07) is 7.45. The number of amides is 2. The van der Waals surface area contributed by atoms with Gasteiger partial charge >= 0.3 is 6.03 Å². The molecule has 132 valence electrons. The molecule has 0 unspecified atom stereocenters. The molecule has 2 amide bonds. The zero-order valence-electron chi connectivity index (χ0n) is 13.4. The molecule has 0 aliphatic carbocycles. The number of piperidine rings is 1. The number of rotatable bonds is 2. The van der Waals surface area contributed by atoms with Crippen molar-refractivity contribution >= 4 is 11.7 Å². The Hall–Kier alpha value is -2.83. The number of anilines is 1. The maximum absolute atomic E-state index is 13.5. The molecule has 2 aromatic rings. The smallest absolute Gasteiger partial charge is 0.321 e. The molecule has 0 radical (unpaired) electrons. The third kappa shape index (κ3) is 3.81. The molecule has 3 N–H and O–H groups in total. The van der Waals surface area contributed by atoms with Crippen LogP contribution in [0.1, 0.15) is 24.3 Å². The predicted octanol–water partition coefficient (Wildman–Crippen LogP) is 3.79. The van der Waals surface area contributed by atoms with Crippen LogP contribution < -0.4 is 5.32 Å². The highest BCUT2D eigenvalue weighted by atomic mass is 19.1. The third-order valence-electron chi connectivity index (χ3n) is 4.39. The molecule has 3 rings (SSSR count). The fraction of sp³-hybridized carbons (Fsp3) is 0.278. The lowest BCUT2D eigenvalue weighted by atomic mass is 9.88. The number of hydrogen-bond donors (Lipinski definition) is 3. The van der Waals surface area contributed by atoms with Gasteiger partial charge in [-0.2, -0.15) is 0 Å². The van der Waals surface area contributed by atoms with Gasteiger partial charge in [0.25, 0.3) is 0 Å². The summed E-state index contributed by atoms with van der Waals surface area (Å²) in [6.45, 7) is 0.849. The van der Waals surface area contributed by atoms with Gasteiger partial charge in [0, 0.05) is 30.4 Å². The van der Waals surface area contributed by atoms with E-state index in [-0.39, 0.29) is 17.7 Å². The summed E-state index contributed by atoms with van der Waals surface area (Å²) in [5, 5.41) is 21.8. The second-order valence-electron chi connectivity index (χ2n) is 6.06. The van der Waals surface area contributed by atoms with Gasteiger partial charge in [-0.1, -0.05) is 6.07 Å². The van der Waals surface area contributed by atoms with Crippen LogP contribution in [-0.4, -0.2) is 34.2 Å². The standard InChI is InChI=1S/C18H18F2N2O3/c19-12-2-1-3-13(8-12)21-18(25)22-6-4-11(5-7-22)14-9-15(20)17(24)10-16(14)23/h1-3,8-11,23-24H,4-7H2,(H,21,25). The fourth-order valence-electron chi connectivity index (χ4n) is 3.06. The first-order chi connectivity index (χ1) is 11.9. The first-order valence-corrected chi connectivity index (χ1v) is 7.97. The molecule has 1 heterocycles. The molecule has 5 nitrogen and oxygen atoms in total. The minimum Gasteiger partial charge on any atom is -0.508 e. The number of urea groups is 1. The first kappa shape index (κ1) is 17.0. The van der Waals surface area contributed by atoms with Crippen molar-refractivity contribution in [3.63, 3.8) is 0 Å². The van der Waals surface area contributed by atoms with Crippen molar-refractivity contribution in [2.24, 2.45) is 0 Å². The average Bonchev–Trinajstić information content (AvgIpc) is 2.58. The molecule has 25 heavy (non-hydrogen) atoms. The van der Waals surface area contributed by atoms with E-state index in [2.05, 4.69) is 5.32 Å². The minimum absolute atomic E-state index is 0.103. The number of likely N-dealkylation sites (tertiary alicyclic amines) is 1. The minimum atomic E-state index is -0.779. The Bertz CT molecular complexity index is 790. The third-order valence-corrected chi connectivity index (χ3v) is 4.39. The molecule has 0 aromatic heterocycles. The Balaban J connectivity index is 1.62. The molecule has 1 saturated heterocycles. The van der Waals surface area contributed by atoms with Gasteiger partial charge in [0.15, 0.2) is 11.6 Å². The molecular formula is C18H18F2N2O3. The Morgan fingerprint density at radius 1 is 1.08 bits per heavy atom. The molecule has 2 aromatic carbocycles. The van der Waals surface area contributed by atoms with Gasteiger partial charge in [0.1, 0.15) is 11.6 Å². The SMILES string of the molecule is O=C(Nc1cccc(F)c1)N1CCC(c2cc(F)c(O)cc2O)CC1. The van der Waals surface area contributed by atoms with E-state index in [0.29, 0.717) is 37.2 Å². The lowest BCUT2D eigenvalue weighted by Gasteiger charge is -2.32. The monoisotopic (exact) mass is 348 g/mol. The molecule has 0 saturated carbocycles. The lowest BCUT2D eigenvalue weighted by Crippen LogP contribution is -2.40. The van der Waals surface area contributed by atoms with Crippen LogP contribution in [0.2, 0.25) is 0 Å². The number of phenolic OH excluding ortho intramolecular Hbond substituents is 2. The lowest BCUT2D eigenvalue weighted by molar-refractivity contribution is 0.194. The van der Waals surface area contributed by atoms with Gasteiger partial charge in [0.05, 0.1) is 0 Å². The largest absolute Gasteiger partial charge is 0.508 e. The summed E-state index contributed by atoms with van der Waals surface area (Å²) >= 11 is 0. The van der Waals surface area contributed by atoms with Crippen LogP contribution in [0.3, 0.4) is 0 Å². The van der Waals surface area contributed by atoms with Crippen LogP contribution in [0.25, 0.3) is 0 Å². The summed E-state index contributed by atoms with van der Waals surface area (Å²) in [4.78, 5) is 13.8. The van der Waals surface area contributed by atoms with E-state index in [1.54, 1.807) is 11.0 Å². The van der Waals surface area contributed by atoms with E-state index in [1.807, 2.05) is 0 Å². The summed E-state index contributed by atoms with van der Waals surface area (Å²) in [5.41, 5.74) is 0.811. The summed E-state index contributed by atoms with van der Waals surface area (Å²) in [6.07, 6.45) is 1.10. The maximum Gasteiger partial charge on any atom is 0.321 e. The molecule has 1 aliphatic rings. The van der Waals surface area contributed by atoms with Crippen molar-refractivity contribution in [1.29, 1.82) is 0 Å². The van der Waals surface area contributed by atoms with E-state index in [1.165, 1.54) is 18.2 Å². The van der Waals surface area contributed by atoms with Crippen LogP contribution in [0, 0.1) is 11.6 Å². The summed E-state index contributed by atoms with van der Waals surface area (Å²) < 4.78 is 26.7. The van der Waals surface area contributed by atoms with Gasteiger partial charge < -0.3 is 20.4 Å². The summed E-state index contributed by atoms with van der Waals surface area (Å²) in [7, 11) is 0. The second kappa shape index (κ2) is 6.96.